The third kappa shape index (κ3) is 4.98. The van der Waals surface area contributed by atoms with E-state index in [2.05, 4.69) is 15.0 Å². The molecule has 0 radical (unpaired) electrons. The van der Waals surface area contributed by atoms with Gasteiger partial charge in [0.05, 0.1) is 30.2 Å². The van der Waals surface area contributed by atoms with Gasteiger partial charge in [0.2, 0.25) is 10.0 Å². The molecule has 0 atom stereocenters. The molecule has 0 fully saturated rings. The van der Waals surface area contributed by atoms with Crippen molar-refractivity contribution in [2.24, 2.45) is 7.05 Å². The van der Waals surface area contributed by atoms with Crippen LogP contribution in [0.15, 0.2) is 89.2 Å². The minimum Gasteiger partial charge on any atom is -0.354 e. The Labute approximate surface area is 225 Å². The van der Waals surface area contributed by atoms with Crippen molar-refractivity contribution in [1.82, 2.24) is 9.71 Å². The quantitative estimate of drug-likeness (QED) is 0.132. The molecule has 1 aliphatic rings. The lowest BCUT2D eigenvalue weighted by Gasteiger charge is -2.21. The van der Waals surface area contributed by atoms with E-state index in [1.807, 2.05) is 30.8 Å². The van der Waals surface area contributed by atoms with Gasteiger partial charge >= 0.3 is 5.16 Å². The number of ketones is 2. The molecule has 2 N–H and O–H groups in total. The smallest absolute Gasteiger partial charge is 0.354 e. The zero-order valence-corrected chi connectivity index (χ0v) is 22.4. The highest BCUT2D eigenvalue weighted by atomic mass is 32.2. The predicted molar refractivity (Wildman–Crippen MR) is 146 cm³/mol. The van der Waals surface area contributed by atoms with Crippen molar-refractivity contribution in [2.45, 2.75) is 17.0 Å². The van der Waals surface area contributed by atoms with Gasteiger partial charge in [0, 0.05) is 35.1 Å². The van der Waals surface area contributed by atoms with Gasteiger partial charge in [-0.1, -0.05) is 42.5 Å². The fourth-order valence-electron chi connectivity index (χ4n) is 4.31. The molecule has 1 aliphatic carbocycles. The molecule has 38 heavy (non-hydrogen) atoms. The molecular weight excluding hydrogens is 520 g/mol. The van der Waals surface area contributed by atoms with E-state index in [0.29, 0.717) is 28.3 Å². The van der Waals surface area contributed by atoms with Crippen molar-refractivity contribution in [3.05, 3.63) is 107 Å². The average molecular weight is 546 g/mol. The zero-order valence-electron chi connectivity index (χ0n) is 20.8. The number of hydrogen-bond acceptors (Lipinski definition) is 7. The molecule has 10 heteroatoms. The van der Waals surface area contributed by atoms with Crippen LogP contribution in [-0.2, 0) is 17.1 Å². The molecular formula is C28H25N4O4S2+. The van der Waals surface area contributed by atoms with Crippen LogP contribution in [0.4, 0.5) is 11.4 Å². The normalized spacial score (nSPS) is 12.7. The Morgan fingerprint density at radius 3 is 2.39 bits per heavy atom. The maximum Gasteiger partial charge on any atom is 0.358 e. The SMILES string of the molecule is Cc1ccc(Nc2cccc3c2C(=O)c2ccccc2C3=O)c(S(=O)(=O)NCCSc2nccc[n+]2C)c1. The second-order valence-corrected chi connectivity index (χ2v) is 11.6. The molecule has 0 amide bonds. The summed E-state index contributed by atoms with van der Waals surface area (Å²) in [6, 6.07) is 18.5. The summed E-state index contributed by atoms with van der Waals surface area (Å²) in [6.07, 6.45) is 3.57. The summed E-state index contributed by atoms with van der Waals surface area (Å²) in [5.74, 6) is -0.0373. The number of fused-ring (bicyclic) bond motifs is 2. The van der Waals surface area contributed by atoms with Crippen molar-refractivity contribution >= 4 is 44.7 Å². The second kappa shape index (κ2) is 10.5. The Balaban J connectivity index is 1.41. The fourth-order valence-corrected chi connectivity index (χ4v) is 6.51. The zero-order chi connectivity index (χ0) is 26.9. The summed E-state index contributed by atoms with van der Waals surface area (Å²) in [5, 5.41) is 3.91. The van der Waals surface area contributed by atoms with E-state index in [1.165, 1.54) is 11.8 Å². The minimum absolute atomic E-state index is 0.0541. The topological polar surface area (TPSA) is 109 Å². The maximum absolute atomic E-state index is 13.4. The van der Waals surface area contributed by atoms with Crippen LogP contribution in [0, 0.1) is 6.92 Å². The largest absolute Gasteiger partial charge is 0.358 e. The van der Waals surface area contributed by atoms with Gasteiger partial charge < -0.3 is 5.32 Å². The van der Waals surface area contributed by atoms with E-state index in [1.54, 1.807) is 66.9 Å². The minimum atomic E-state index is -3.90. The van der Waals surface area contributed by atoms with Gasteiger partial charge in [0.25, 0.3) is 0 Å². The Morgan fingerprint density at radius 1 is 0.895 bits per heavy atom. The summed E-state index contributed by atoms with van der Waals surface area (Å²) in [6.45, 7) is 2.00. The van der Waals surface area contributed by atoms with Crippen LogP contribution in [0.1, 0.15) is 37.4 Å². The molecule has 0 aliphatic heterocycles. The summed E-state index contributed by atoms with van der Waals surface area (Å²) < 4.78 is 31.2. The molecule has 1 aromatic heterocycles. The first-order valence-corrected chi connectivity index (χ1v) is 14.4. The van der Waals surface area contributed by atoms with E-state index in [9.17, 15) is 18.0 Å². The highest BCUT2D eigenvalue weighted by Gasteiger charge is 2.32. The Bertz CT molecular complexity index is 1690. The van der Waals surface area contributed by atoms with Crippen LogP contribution in [0.25, 0.3) is 0 Å². The lowest BCUT2D eigenvalue weighted by molar-refractivity contribution is -0.713. The number of aromatic nitrogens is 2. The lowest BCUT2D eigenvalue weighted by atomic mass is 9.83. The van der Waals surface area contributed by atoms with Crippen molar-refractivity contribution in [1.29, 1.82) is 0 Å². The molecule has 192 valence electrons. The van der Waals surface area contributed by atoms with Crippen molar-refractivity contribution in [2.75, 3.05) is 17.6 Å². The van der Waals surface area contributed by atoms with E-state index in [4.69, 9.17) is 0 Å². The third-order valence-electron chi connectivity index (χ3n) is 6.16. The molecule has 1 heterocycles. The number of hydrogen-bond donors (Lipinski definition) is 2. The monoisotopic (exact) mass is 545 g/mol. The molecule has 4 aromatic rings. The van der Waals surface area contributed by atoms with Gasteiger partial charge in [-0.05, 0) is 47.4 Å². The number of carbonyl (C=O) groups excluding carboxylic acids is 2. The molecule has 8 nitrogen and oxygen atoms in total. The number of sulfonamides is 1. The summed E-state index contributed by atoms with van der Waals surface area (Å²) >= 11 is 1.44. The Morgan fingerprint density at radius 2 is 1.63 bits per heavy atom. The van der Waals surface area contributed by atoms with Gasteiger partial charge in [0.1, 0.15) is 11.1 Å². The molecule has 0 bridgehead atoms. The number of aryl methyl sites for hydroxylation is 2. The average Bonchev–Trinajstić information content (AvgIpc) is 2.91. The first-order valence-electron chi connectivity index (χ1n) is 11.9. The van der Waals surface area contributed by atoms with Crippen molar-refractivity contribution in [3.63, 3.8) is 0 Å². The number of nitrogens with one attached hydrogen (secondary N) is 2. The number of carbonyl (C=O) groups is 2. The third-order valence-corrected chi connectivity index (χ3v) is 8.72. The number of rotatable bonds is 8. The Hall–Kier alpha value is -3.86. The van der Waals surface area contributed by atoms with Gasteiger partial charge in [-0.2, -0.15) is 0 Å². The lowest BCUT2D eigenvalue weighted by Crippen LogP contribution is -2.32. The van der Waals surface area contributed by atoms with Gasteiger partial charge in [-0.3, -0.25) is 9.59 Å². The number of benzene rings is 3. The van der Waals surface area contributed by atoms with E-state index in [0.717, 1.165) is 10.7 Å². The molecule has 0 saturated carbocycles. The van der Waals surface area contributed by atoms with Gasteiger partial charge in [-0.15, -0.1) is 0 Å². The fraction of sp³-hybridized carbons (Fsp3) is 0.143. The second-order valence-electron chi connectivity index (χ2n) is 8.82. The van der Waals surface area contributed by atoms with Crippen LogP contribution in [0.5, 0.6) is 0 Å². The molecule has 0 unspecified atom stereocenters. The predicted octanol–water partition coefficient (Wildman–Crippen LogP) is 3.80. The summed E-state index contributed by atoms with van der Waals surface area (Å²) in [7, 11) is -2.02. The van der Waals surface area contributed by atoms with E-state index < -0.39 is 10.0 Å². The van der Waals surface area contributed by atoms with Crippen LogP contribution in [0.2, 0.25) is 0 Å². The van der Waals surface area contributed by atoms with Crippen molar-refractivity contribution in [3.8, 4) is 0 Å². The maximum atomic E-state index is 13.4. The summed E-state index contributed by atoms with van der Waals surface area (Å²) in [4.78, 5) is 30.8. The number of anilines is 2. The summed E-state index contributed by atoms with van der Waals surface area (Å²) in [5.41, 5.74) is 2.65. The highest BCUT2D eigenvalue weighted by Crippen LogP contribution is 2.35. The first kappa shape index (κ1) is 25.8. The van der Waals surface area contributed by atoms with Crippen LogP contribution in [0.3, 0.4) is 0 Å². The highest BCUT2D eigenvalue weighted by molar-refractivity contribution is 7.99. The van der Waals surface area contributed by atoms with Gasteiger partial charge in [0.15, 0.2) is 11.6 Å². The molecule has 0 saturated heterocycles. The standard InChI is InChI=1S/C28H24N4O4S2/c1-18-11-12-22(24(17-18)38(35,36)30-14-16-37-28-29-13-6-15-32(28)2)31-23-10-5-9-21-25(23)27(34)20-8-4-3-7-19(20)26(21)33/h3-13,15,17,30H,14,16H2,1-2H3/p+1. The molecule has 3 aromatic carbocycles. The van der Waals surface area contributed by atoms with E-state index >= 15 is 0 Å². The molecule has 0 spiro atoms. The number of thioether (sulfide) groups is 1. The molecule has 5 rings (SSSR count). The van der Waals surface area contributed by atoms with Crippen LogP contribution in [-0.4, -0.2) is 37.3 Å². The number of nitrogens with zero attached hydrogens (tertiary/aromatic N) is 2. The first-order chi connectivity index (χ1) is 18.3. The van der Waals surface area contributed by atoms with E-state index in [-0.39, 0.29) is 34.1 Å². The van der Waals surface area contributed by atoms with Crippen LogP contribution >= 0.6 is 11.8 Å². The van der Waals surface area contributed by atoms with Crippen molar-refractivity contribution < 1.29 is 22.6 Å². The Kier molecular flexibility index (Phi) is 7.11. The van der Waals surface area contributed by atoms with Crippen LogP contribution < -0.4 is 14.6 Å². The van der Waals surface area contributed by atoms with Gasteiger partial charge in [-0.25, -0.2) is 17.7 Å².